The molecule has 0 saturated carbocycles. The lowest BCUT2D eigenvalue weighted by Crippen LogP contribution is -1.98. The van der Waals surface area contributed by atoms with Gasteiger partial charge in [-0.2, -0.15) is 0 Å². The second-order valence-electron chi connectivity index (χ2n) is 5.72. The predicted molar refractivity (Wildman–Crippen MR) is 106 cm³/mol. The van der Waals surface area contributed by atoms with E-state index < -0.39 is 11.8 Å². The molecule has 0 heterocycles. The molecule has 0 radical (unpaired) electrons. The van der Waals surface area contributed by atoms with E-state index in [2.05, 4.69) is 0 Å². The molecule has 140 valence electrons. The fourth-order valence-corrected chi connectivity index (χ4v) is 2.55. The Morgan fingerprint density at radius 3 is 2.31 bits per heavy atom. The Labute approximate surface area is 163 Å². The highest BCUT2D eigenvalue weighted by Crippen LogP contribution is 2.36. The molecule has 0 aliphatic heterocycles. The van der Waals surface area contributed by atoms with Gasteiger partial charge < -0.3 is 9.84 Å². The van der Waals surface area contributed by atoms with Gasteiger partial charge in [0.1, 0.15) is 11.6 Å². The van der Waals surface area contributed by atoms with E-state index in [1.54, 1.807) is 39.0 Å². The van der Waals surface area contributed by atoms with E-state index in [-0.39, 0.29) is 5.57 Å². The number of carbonyl (C=O) groups is 1. The lowest BCUT2D eigenvalue weighted by molar-refractivity contribution is -0.132. The first-order chi connectivity index (χ1) is 12.1. The van der Waals surface area contributed by atoms with Gasteiger partial charge in [0.15, 0.2) is 0 Å². The van der Waals surface area contributed by atoms with E-state index in [0.29, 0.717) is 32.5 Å². The van der Waals surface area contributed by atoms with E-state index in [1.165, 1.54) is 26.2 Å². The van der Waals surface area contributed by atoms with Crippen LogP contribution < -0.4 is 4.74 Å². The fourth-order valence-electron chi connectivity index (χ4n) is 1.99. The summed E-state index contributed by atoms with van der Waals surface area (Å²) >= 11 is 12.5. The first kappa shape index (κ1) is 22.0. The van der Waals surface area contributed by atoms with Crippen LogP contribution in [-0.2, 0) is 4.79 Å². The van der Waals surface area contributed by atoms with Crippen molar-refractivity contribution < 1.29 is 19.0 Å². The number of hydrogen-bond acceptors (Lipinski definition) is 2. The van der Waals surface area contributed by atoms with Gasteiger partial charge in [-0.15, -0.1) is 0 Å². The highest BCUT2D eigenvalue weighted by molar-refractivity contribution is 6.38. The van der Waals surface area contributed by atoms with Crippen molar-refractivity contribution in [3.8, 4) is 5.75 Å². The summed E-state index contributed by atoms with van der Waals surface area (Å²) in [6.07, 6.45) is 5.84. The summed E-state index contributed by atoms with van der Waals surface area (Å²) in [6.45, 7) is 6.47. The minimum Gasteiger partial charge on any atom is -0.496 e. The number of carboxylic acids is 1. The molecule has 1 aromatic rings. The second kappa shape index (κ2) is 9.60. The standard InChI is InChI=1S/C20H21Cl2FO3/c1-11(13(3)20(24)25)7-9-17(23)12(2)6-8-15-16(21)10-18(26-5)14(4)19(15)22/h6-10H,1-5H3,(H,24,25). The number of aliphatic carboxylic acids is 1. The summed E-state index contributed by atoms with van der Waals surface area (Å²) in [4.78, 5) is 10.9. The smallest absolute Gasteiger partial charge is 0.331 e. The van der Waals surface area contributed by atoms with Crippen LogP contribution >= 0.6 is 23.2 Å². The number of carboxylic acid groups (broad SMARTS) is 1. The number of benzene rings is 1. The van der Waals surface area contributed by atoms with Crippen LogP contribution in [0.5, 0.6) is 5.75 Å². The Morgan fingerprint density at radius 1 is 1.15 bits per heavy atom. The van der Waals surface area contributed by atoms with E-state index in [4.69, 9.17) is 33.0 Å². The average Bonchev–Trinajstić information content (AvgIpc) is 2.60. The number of rotatable bonds is 6. The molecule has 0 aromatic heterocycles. The van der Waals surface area contributed by atoms with Gasteiger partial charge in [-0.1, -0.05) is 41.4 Å². The van der Waals surface area contributed by atoms with Crippen LogP contribution in [0.15, 0.2) is 46.8 Å². The van der Waals surface area contributed by atoms with Gasteiger partial charge in [0.05, 0.1) is 17.2 Å². The van der Waals surface area contributed by atoms with E-state index >= 15 is 0 Å². The Bertz CT molecular complexity index is 834. The minimum atomic E-state index is -1.03. The molecule has 0 bridgehead atoms. The lowest BCUT2D eigenvalue weighted by atomic mass is 10.1. The summed E-state index contributed by atoms with van der Waals surface area (Å²) in [5.74, 6) is -0.946. The molecule has 26 heavy (non-hydrogen) atoms. The number of methoxy groups -OCH3 is 1. The van der Waals surface area contributed by atoms with E-state index in [9.17, 15) is 9.18 Å². The van der Waals surface area contributed by atoms with Crippen molar-refractivity contribution in [1.29, 1.82) is 0 Å². The van der Waals surface area contributed by atoms with Crippen molar-refractivity contribution in [3.05, 3.63) is 68.0 Å². The summed E-state index contributed by atoms with van der Waals surface area (Å²) in [7, 11) is 1.53. The topological polar surface area (TPSA) is 46.5 Å². The van der Waals surface area contributed by atoms with Gasteiger partial charge in [0, 0.05) is 16.7 Å². The molecule has 6 heteroatoms. The number of ether oxygens (including phenoxy) is 1. The van der Waals surface area contributed by atoms with Crippen LogP contribution in [0.4, 0.5) is 4.39 Å². The van der Waals surface area contributed by atoms with Gasteiger partial charge in [-0.05, 0) is 51.0 Å². The maximum absolute atomic E-state index is 14.2. The molecule has 0 amide bonds. The minimum absolute atomic E-state index is 0.162. The number of allylic oxidation sites excluding steroid dienone is 6. The maximum Gasteiger partial charge on any atom is 0.331 e. The van der Waals surface area contributed by atoms with Crippen LogP contribution in [0, 0.1) is 6.92 Å². The molecule has 0 spiro atoms. The Balaban J connectivity index is 3.15. The zero-order chi connectivity index (χ0) is 20.0. The normalized spacial score (nSPS) is 13.8. The Kier molecular flexibility index (Phi) is 8.12. The molecule has 0 aliphatic rings. The van der Waals surface area contributed by atoms with Crippen molar-refractivity contribution in [2.24, 2.45) is 0 Å². The molecule has 0 atom stereocenters. The molecule has 0 saturated heterocycles. The van der Waals surface area contributed by atoms with Gasteiger partial charge in [-0.25, -0.2) is 9.18 Å². The zero-order valence-corrected chi connectivity index (χ0v) is 16.8. The van der Waals surface area contributed by atoms with Crippen molar-refractivity contribution in [2.45, 2.75) is 27.7 Å². The highest BCUT2D eigenvalue weighted by atomic mass is 35.5. The summed E-state index contributed by atoms with van der Waals surface area (Å²) in [5, 5.41) is 9.74. The van der Waals surface area contributed by atoms with Gasteiger partial charge in [0.25, 0.3) is 0 Å². The summed E-state index contributed by atoms with van der Waals surface area (Å²) < 4.78 is 19.4. The average molecular weight is 399 g/mol. The van der Waals surface area contributed by atoms with Crippen LogP contribution in [0.3, 0.4) is 0 Å². The molecule has 0 aliphatic carbocycles. The largest absolute Gasteiger partial charge is 0.496 e. The fraction of sp³-hybridized carbons (Fsp3) is 0.250. The first-order valence-electron chi connectivity index (χ1n) is 7.76. The lowest BCUT2D eigenvalue weighted by Gasteiger charge is -2.10. The van der Waals surface area contributed by atoms with Crippen LogP contribution in [0.25, 0.3) is 6.08 Å². The predicted octanol–water partition coefficient (Wildman–Crippen LogP) is 6.54. The van der Waals surface area contributed by atoms with E-state index in [1.807, 2.05) is 0 Å². The molecular formula is C20H21Cl2FO3. The maximum atomic E-state index is 14.2. The molecule has 0 fully saturated rings. The van der Waals surface area contributed by atoms with Crippen LogP contribution in [0.1, 0.15) is 31.9 Å². The van der Waals surface area contributed by atoms with Crippen molar-refractivity contribution in [2.75, 3.05) is 7.11 Å². The van der Waals surface area contributed by atoms with E-state index in [0.717, 1.165) is 5.56 Å². The van der Waals surface area contributed by atoms with Gasteiger partial charge >= 0.3 is 5.97 Å². The molecular weight excluding hydrogens is 378 g/mol. The monoisotopic (exact) mass is 398 g/mol. The third-order valence-electron chi connectivity index (χ3n) is 3.94. The molecule has 1 N–H and O–H groups in total. The molecule has 1 rings (SSSR count). The summed E-state index contributed by atoms with van der Waals surface area (Å²) in [5.41, 5.74) is 2.30. The second-order valence-corrected chi connectivity index (χ2v) is 6.51. The van der Waals surface area contributed by atoms with Crippen molar-refractivity contribution in [3.63, 3.8) is 0 Å². The van der Waals surface area contributed by atoms with Gasteiger partial charge in [-0.3, -0.25) is 0 Å². The third-order valence-corrected chi connectivity index (χ3v) is 4.74. The molecule has 0 unspecified atom stereocenters. The van der Waals surface area contributed by atoms with Crippen LogP contribution in [-0.4, -0.2) is 18.2 Å². The Morgan fingerprint density at radius 2 is 1.77 bits per heavy atom. The third kappa shape index (κ3) is 5.48. The number of hydrogen-bond donors (Lipinski definition) is 1. The number of halogens is 3. The Hall–Kier alpha value is -2.04. The van der Waals surface area contributed by atoms with Gasteiger partial charge in [0.2, 0.25) is 0 Å². The zero-order valence-electron chi connectivity index (χ0n) is 15.3. The quantitative estimate of drug-likeness (QED) is 0.436. The molecule has 3 nitrogen and oxygen atoms in total. The van der Waals surface area contributed by atoms with Crippen molar-refractivity contribution >= 4 is 35.2 Å². The SMILES string of the molecule is COc1cc(Cl)c(C=CC(C)=C(F)C=CC(C)=C(C)C(=O)O)c(Cl)c1C. The van der Waals surface area contributed by atoms with Crippen LogP contribution in [0.2, 0.25) is 10.0 Å². The van der Waals surface area contributed by atoms with Crippen molar-refractivity contribution in [1.82, 2.24) is 0 Å². The first-order valence-corrected chi connectivity index (χ1v) is 8.51. The summed E-state index contributed by atoms with van der Waals surface area (Å²) in [6, 6.07) is 1.65. The molecule has 1 aromatic carbocycles. The highest BCUT2D eigenvalue weighted by Gasteiger charge is 2.11.